The number of hydrogen-bond acceptors (Lipinski definition) is 4. The summed E-state index contributed by atoms with van der Waals surface area (Å²) >= 11 is 0. The number of ether oxygens (including phenoxy) is 2. The van der Waals surface area contributed by atoms with Crippen LogP contribution in [0.2, 0.25) is 0 Å². The quantitative estimate of drug-likeness (QED) is 0.828. The molecule has 1 aromatic carbocycles. The van der Waals surface area contributed by atoms with Crippen LogP contribution in [0.4, 0.5) is 0 Å². The molecular formula is C16H26N2O2. The van der Waals surface area contributed by atoms with Gasteiger partial charge in [0, 0.05) is 12.6 Å². The highest BCUT2D eigenvalue weighted by molar-refractivity contribution is 5.31. The molecule has 1 aliphatic heterocycles. The van der Waals surface area contributed by atoms with Crippen LogP contribution in [0.5, 0.6) is 11.5 Å². The maximum absolute atomic E-state index is 5.77. The van der Waals surface area contributed by atoms with Gasteiger partial charge in [0.05, 0.1) is 7.11 Å². The third-order valence-corrected chi connectivity index (χ3v) is 3.82. The molecule has 112 valence electrons. The number of piperidine rings is 1. The first-order chi connectivity index (χ1) is 9.81. The van der Waals surface area contributed by atoms with Crippen LogP contribution in [0.1, 0.15) is 19.8 Å². The Bertz CT molecular complexity index is 373. The summed E-state index contributed by atoms with van der Waals surface area (Å²) in [4.78, 5) is 2.48. The van der Waals surface area contributed by atoms with Crippen molar-refractivity contribution in [2.75, 3.05) is 39.9 Å². The number of rotatable bonds is 7. The molecule has 0 unspecified atom stereocenters. The number of methoxy groups -OCH3 is 1. The lowest BCUT2D eigenvalue weighted by molar-refractivity contribution is 0.165. The number of likely N-dealkylation sites (tertiary alicyclic amines) is 1. The number of hydrogen-bond donors (Lipinski definition) is 1. The summed E-state index contributed by atoms with van der Waals surface area (Å²) in [5.74, 6) is 1.77. The predicted octanol–water partition coefficient (Wildman–Crippen LogP) is 2.15. The Morgan fingerprint density at radius 2 is 1.80 bits per heavy atom. The standard InChI is InChI=1S/C16H26N2O2/c1-3-17-14-8-10-18(11-9-14)12-13-20-16-6-4-15(19-2)5-7-16/h4-7,14,17H,3,8-13H2,1-2H3. The van der Waals surface area contributed by atoms with Gasteiger partial charge in [-0.25, -0.2) is 0 Å². The summed E-state index contributed by atoms with van der Waals surface area (Å²) in [6.45, 7) is 7.34. The molecule has 1 heterocycles. The van der Waals surface area contributed by atoms with Crippen LogP contribution in [0.3, 0.4) is 0 Å². The number of nitrogens with zero attached hydrogens (tertiary/aromatic N) is 1. The largest absolute Gasteiger partial charge is 0.497 e. The molecule has 0 atom stereocenters. The molecule has 1 aromatic rings. The first-order valence-corrected chi connectivity index (χ1v) is 7.54. The van der Waals surface area contributed by atoms with E-state index < -0.39 is 0 Å². The van der Waals surface area contributed by atoms with Gasteiger partial charge in [-0.15, -0.1) is 0 Å². The van der Waals surface area contributed by atoms with Gasteiger partial charge in [-0.05, 0) is 56.7 Å². The summed E-state index contributed by atoms with van der Waals surface area (Å²) < 4.78 is 10.9. The van der Waals surface area contributed by atoms with Crippen molar-refractivity contribution in [2.24, 2.45) is 0 Å². The monoisotopic (exact) mass is 278 g/mol. The maximum atomic E-state index is 5.77. The van der Waals surface area contributed by atoms with E-state index in [1.54, 1.807) is 7.11 Å². The molecule has 1 saturated heterocycles. The lowest BCUT2D eigenvalue weighted by Gasteiger charge is -2.32. The fraction of sp³-hybridized carbons (Fsp3) is 0.625. The fourth-order valence-electron chi connectivity index (χ4n) is 2.61. The van der Waals surface area contributed by atoms with Gasteiger partial charge in [0.2, 0.25) is 0 Å². The first-order valence-electron chi connectivity index (χ1n) is 7.54. The Kier molecular flexibility index (Phi) is 6.15. The minimum absolute atomic E-state index is 0.707. The van der Waals surface area contributed by atoms with E-state index in [2.05, 4.69) is 17.1 Å². The second-order valence-corrected chi connectivity index (χ2v) is 5.20. The summed E-state index contributed by atoms with van der Waals surface area (Å²) in [7, 11) is 1.67. The smallest absolute Gasteiger partial charge is 0.119 e. The molecule has 4 heteroatoms. The third kappa shape index (κ3) is 4.69. The fourth-order valence-corrected chi connectivity index (χ4v) is 2.61. The molecule has 1 aliphatic rings. The van der Waals surface area contributed by atoms with Gasteiger partial charge in [-0.1, -0.05) is 6.92 Å². The minimum atomic E-state index is 0.707. The summed E-state index contributed by atoms with van der Waals surface area (Å²) in [6.07, 6.45) is 2.49. The zero-order valence-electron chi connectivity index (χ0n) is 12.6. The van der Waals surface area contributed by atoms with E-state index in [0.717, 1.165) is 31.2 Å². The van der Waals surface area contributed by atoms with Gasteiger partial charge >= 0.3 is 0 Å². The molecule has 0 amide bonds. The third-order valence-electron chi connectivity index (χ3n) is 3.82. The van der Waals surface area contributed by atoms with E-state index in [-0.39, 0.29) is 0 Å². The van der Waals surface area contributed by atoms with Gasteiger partial charge in [0.25, 0.3) is 0 Å². The molecule has 1 N–H and O–H groups in total. The highest BCUT2D eigenvalue weighted by Gasteiger charge is 2.17. The average Bonchev–Trinajstić information content (AvgIpc) is 2.50. The normalized spacial score (nSPS) is 17.1. The van der Waals surface area contributed by atoms with E-state index >= 15 is 0 Å². The first kappa shape index (κ1) is 15.1. The van der Waals surface area contributed by atoms with Crippen LogP contribution < -0.4 is 14.8 Å². The molecule has 4 nitrogen and oxygen atoms in total. The Morgan fingerprint density at radius 1 is 1.15 bits per heavy atom. The van der Waals surface area contributed by atoms with Gasteiger partial charge in [-0.2, -0.15) is 0 Å². The van der Waals surface area contributed by atoms with Crippen molar-refractivity contribution in [3.8, 4) is 11.5 Å². The minimum Gasteiger partial charge on any atom is -0.497 e. The van der Waals surface area contributed by atoms with Gasteiger partial charge in [-0.3, -0.25) is 4.90 Å². The van der Waals surface area contributed by atoms with Crippen LogP contribution in [-0.4, -0.2) is 50.8 Å². The molecule has 0 radical (unpaired) electrons. The predicted molar refractivity (Wildman–Crippen MR) is 81.6 cm³/mol. The average molecular weight is 278 g/mol. The molecule has 2 rings (SSSR count). The van der Waals surface area contributed by atoms with Gasteiger partial charge in [0.15, 0.2) is 0 Å². The zero-order chi connectivity index (χ0) is 14.2. The van der Waals surface area contributed by atoms with Crippen molar-refractivity contribution in [1.29, 1.82) is 0 Å². The number of nitrogens with one attached hydrogen (secondary N) is 1. The molecule has 20 heavy (non-hydrogen) atoms. The van der Waals surface area contributed by atoms with E-state index in [0.29, 0.717) is 6.04 Å². The lowest BCUT2D eigenvalue weighted by atomic mass is 10.1. The van der Waals surface area contributed by atoms with Crippen LogP contribution in [0.25, 0.3) is 0 Å². The van der Waals surface area contributed by atoms with Crippen LogP contribution in [0.15, 0.2) is 24.3 Å². The Hall–Kier alpha value is -1.26. The van der Waals surface area contributed by atoms with Crippen molar-refractivity contribution >= 4 is 0 Å². The molecule has 1 fully saturated rings. The summed E-state index contributed by atoms with van der Waals surface area (Å²) in [5.41, 5.74) is 0. The SMILES string of the molecule is CCNC1CCN(CCOc2ccc(OC)cc2)CC1. The number of benzene rings is 1. The van der Waals surface area contributed by atoms with Crippen LogP contribution >= 0.6 is 0 Å². The molecule has 0 bridgehead atoms. The molecule has 0 aromatic heterocycles. The highest BCUT2D eigenvalue weighted by atomic mass is 16.5. The molecule has 0 spiro atoms. The maximum Gasteiger partial charge on any atom is 0.119 e. The van der Waals surface area contributed by atoms with E-state index in [4.69, 9.17) is 9.47 Å². The van der Waals surface area contributed by atoms with E-state index in [9.17, 15) is 0 Å². The molecular weight excluding hydrogens is 252 g/mol. The Morgan fingerprint density at radius 3 is 2.40 bits per heavy atom. The lowest BCUT2D eigenvalue weighted by Crippen LogP contribution is -2.43. The molecule has 0 aliphatic carbocycles. The second-order valence-electron chi connectivity index (χ2n) is 5.20. The van der Waals surface area contributed by atoms with Crippen molar-refractivity contribution in [2.45, 2.75) is 25.8 Å². The zero-order valence-corrected chi connectivity index (χ0v) is 12.6. The van der Waals surface area contributed by atoms with E-state index in [1.807, 2.05) is 24.3 Å². The van der Waals surface area contributed by atoms with Crippen molar-refractivity contribution in [3.63, 3.8) is 0 Å². The second kappa shape index (κ2) is 8.12. The van der Waals surface area contributed by atoms with Crippen LogP contribution in [-0.2, 0) is 0 Å². The topological polar surface area (TPSA) is 33.7 Å². The van der Waals surface area contributed by atoms with Gasteiger partial charge in [0.1, 0.15) is 18.1 Å². The van der Waals surface area contributed by atoms with Crippen molar-refractivity contribution in [1.82, 2.24) is 10.2 Å². The molecule has 0 saturated carbocycles. The van der Waals surface area contributed by atoms with Crippen molar-refractivity contribution < 1.29 is 9.47 Å². The summed E-state index contributed by atoms with van der Waals surface area (Å²) in [6, 6.07) is 8.47. The summed E-state index contributed by atoms with van der Waals surface area (Å²) in [5, 5.41) is 3.53. The van der Waals surface area contributed by atoms with Crippen molar-refractivity contribution in [3.05, 3.63) is 24.3 Å². The Labute approximate surface area is 122 Å². The van der Waals surface area contributed by atoms with Crippen LogP contribution in [0, 0.1) is 0 Å². The van der Waals surface area contributed by atoms with Gasteiger partial charge < -0.3 is 14.8 Å². The van der Waals surface area contributed by atoms with E-state index in [1.165, 1.54) is 25.9 Å². The Balaban J connectivity index is 1.63. The highest BCUT2D eigenvalue weighted by Crippen LogP contribution is 2.17.